The molecule has 250 valence electrons. The van der Waals surface area contributed by atoms with Crippen LogP contribution in [0.5, 0.6) is 0 Å². The van der Waals surface area contributed by atoms with Crippen molar-refractivity contribution in [1.29, 1.82) is 0 Å². The Balaban J connectivity index is 1.22. The highest BCUT2D eigenvalue weighted by atomic mass is 79.9. The van der Waals surface area contributed by atoms with Crippen LogP contribution in [0, 0.1) is 19.3 Å². The summed E-state index contributed by atoms with van der Waals surface area (Å²) in [4.78, 5) is 58.8. The minimum Gasteiger partial charge on any atom is -0.325 e. The second-order valence-electron chi connectivity index (χ2n) is 13.9. The first-order chi connectivity index (χ1) is 23.0. The lowest BCUT2D eigenvalue weighted by Gasteiger charge is -2.27. The van der Waals surface area contributed by atoms with Gasteiger partial charge in [0, 0.05) is 48.3 Å². The zero-order chi connectivity index (χ0) is 33.7. The highest BCUT2D eigenvalue weighted by Crippen LogP contribution is 2.60. The van der Waals surface area contributed by atoms with E-state index in [1.165, 1.54) is 6.92 Å². The van der Waals surface area contributed by atoms with Crippen LogP contribution in [0.3, 0.4) is 0 Å². The van der Waals surface area contributed by atoms with Gasteiger partial charge in [0.1, 0.15) is 34.5 Å². The van der Waals surface area contributed by atoms with Gasteiger partial charge in [0.05, 0.1) is 5.52 Å². The lowest BCUT2D eigenvalue weighted by Crippen LogP contribution is -2.47. The molecule has 0 radical (unpaired) electrons. The molecule has 1 N–H and O–H groups in total. The summed E-state index contributed by atoms with van der Waals surface area (Å²) in [5.74, 6) is 0.653. The van der Waals surface area contributed by atoms with Gasteiger partial charge in [0.15, 0.2) is 5.78 Å². The maximum absolute atomic E-state index is 14.4. The van der Waals surface area contributed by atoms with E-state index in [1.807, 2.05) is 38.1 Å². The molecule has 5 heterocycles. The van der Waals surface area contributed by atoms with E-state index < -0.39 is 6.04 Å². The highest BCUT2D eigenvalue weighted by Gasteiger charge is 2.67. The van der Waals surface area contributed by atoms with Crippen LogP contribution in [0.25, 0.3) is 22.0 Å². The van der Waals surface area contributed by atoms with E-state index in [0.29, 0.717) is 33.7 Å². The van der Waals surface area contributed by atoms with Crippen molar-refractivity contribution in [3.63, 3.8) is 0 Å². The number of aromatic nitrogens is 5. The Hall–Kier alpha value is -4.03. The van der Waals surface area contributed by atoms with E-state index in [9.17, 15) is 14.4 Å². The van der Waals surface area contributed by atoms with Gasteiger partial charge in [-0.3, -0.25) is 19.1 Å². The number of pyridine rings is 1. The van der Waals surface area contributed by atoms with Gasteiger partial charge in [-0.1, -0.05) is 18.9 Å². The fraction of sp³-hybridized carbons (Fsp3) is 0.472. The molecular weight excluding hydrogens is 672 g/mol. The fourth-order valence-electron chi connectivity index (χ4n) is 7.90. The van der Waals surface area contributed by atoms with E-state index in [4.69, 9.17) is 0 Å². The number of likely N-dealkylation sites (tertiary alicyclic amines) is 1. The predicted molar refractivity (Wildman–Crippen MR) is 187 cm³/mol. The number of hydrogen-bond acceptors (Lipinski definition) is 8. The van der Waals surface area contributed by atoms with Crippen molar-refractivity contribution in [2.75, 3.05) is 25.5 Å². The molecule has 2 aliphatic heterocycles. The maximum Gasteiger partial charge on any atom is 0.248 e. The number of nitrogens with one attached hydrogen (secondary N) is 1. The normalized spacial score (nSPS) is 23.2. The van der Waals surface area contributed by atoms with Crippen LogP contribution in [0.2, 0.25) is 0 Å². The number of fused-ring (bicyclic) bond motifs is 3. The molecule has 1 saturated heterocycles. The molecule has 48 heavy (non-hydrogen) atoms. The quantitative estimate of drug-likeness (QED) is 0.217. The van der Waals surface area contributed by atoms with Crippen molar-refractivity contribution < 1.29 is 14.4 Å². The summed E-state index contributed by atoms with van der Waals surface area (Å²) in [6.07, 6.45) is 10.3. The molecule has 3 aliphatic rings. The molecule has 7 rings (SSSR count). The zero-order valence-electron chi connectivity index (χ0n) is 27.9. The molecule has 1 spiro atoms. The number of nitrogens with zero attached hydrogens (tertiary/aromatic N) is 7. The highest BCUT2D eigenvalue weighted by molar-refractivity contribution is 9.10. The second-order valence-corrected chi connectivity index (χ2v) is 14.7. The molecule has 3 atom stereocenters. The summed E-state index contributed by atoms with van der Waals surface area (Å²) < 4.78 is 2.29. The number of hydrogen-bond donors (Lipinski definition) is 1. The van der Waals surface area contributed by atoms with Crippen LogP contribution in [-0.2, 0) is 22.6 Å². The van der Waals surface area contributed by atoms with Crippen molar-refractivity contribution in [3.05, 3.63) is 63.9 Å². The van der Waals surface area contributed by atoms with Crippen LogP contribution in [0.1, 0.15) is 72.9 Å². The Labute approximate surface area is 288 Å². The van der Waals surface area contributed by atoms with Crippen molar-refractivity contribution in [1.82, 2.24) is 34.5 Å². The van der Waals surface area contributed by atoms with E-state index >= 15 is 0 Å². The Bertz CT molecular complexity index is 1920. The maximum atomic E-state index is 14.4. The number of carbonyl (C=O) groups is 3. The van der Waals surface area contributed by atoms with E-state index in [2.05, 4.69) is 53.2 Å². The summed E-state index contributed by atoms with van der Waals surface area (Å²) in [6.45, 7) is 7.04. The Kier molecular flexibility index (Phi) is 8.65. The SMILES string of the molecule is CC(=O)c1nn(CC(=O)N2[C@H]3C[C@]4(C[C@@H]24)CN(C)CCCCCCc2ccc(Br)nc2NC3=O)c2c(C)cc(-c3cnc(C)nc3)cc12. The molecule has 4 aromatic rings. The number of carbonyl (C=O) groups excluding carboxylic acids is 3. The molecule has 1 aromatic carbocycles. The third-order valence-electron chi connectivity index (χ3n) is 10.3. The molecule has 2 bridgehead atoms. The van der Waals surface area contributed by atoms with Crippen LogP contribution < -0.4 is 5.32 Å². The Morgan fingerprint density at radius 1 is 1.04 bits per heavy atom. The summed E-state index contributed by atoms with van der Waals surface area (Å²) in [5.41, 5.74) is 4.49. The molecule has 3 aromatic heterocycles. The van der Waals surface area contributed by atoms with Gasteiger partial charge in [-0.05, 0) is 110 Å². The van der Waals surface area contributed by atoms with E-state index in [-0.39, 0.29) is 35.6 Å². The van der Waals surface area contributed by atoms with Gasteiger partial charge < -0.3 is 15.1 Å². The first-order valence-corrected chi connectivity index (χ1v) is 17.6. The van der Waals surface area contributed by atoms with Crippen molar-refractivity contribution >= 4 is 50.2 Å². The Morgan fingerprint density at radius 2 is 1.81 bits per heavy atom. The van der Waals surface area contributed by atoms with Gasteiger partial charge in [-0.25, -0.2) is 15.0 Å². The molecule has 1 saturated carbocycles. The minimum absolute atomic E-state index is 0.0330. The number of rotatable bonds is 4. The van der Waals surface area contributed by atoms with Gasteiger partial charge in [0.25, 0.3) is 0 Å². The van der Waals surface area contributed by atoms with Crippen LogP contribution in [0.15, 0.2) is 41.3 Å². The molecular formula is C36H41BrN8O3. The van der Waals surface area contributed by atoms with E-state index in [0.717, 1.165) is 79.4 Å². The first kappa shape index (κ1) is 32.5. The number of piperidine rings is 1. The summed E-state index contributed by atoms with van der Waals surface area (Å²) in [6, 6.07) is 7.19. The average molecular weight is 714 g/mol. The number of anilines is 1. The number of ketones is 1. The third-order valence-corrected chi connectivity index (χ3v) is 10.7. The summed E-state index contributed by atoms with van der Waals surface area (Å²) in [5, 5.41) is 8.48. The predicted octanol–water partition coefficient (Wildman–Crippen LogP) is 5.52. The lowest BCUT2D eigenvalue weighted by atomic mass is 9.98. The number of halogens is 1. The molecule has 0 unspecified atom stereocenters. The second kappa shape index (κ2) is 12.8. The van der Waals surface area contributed by atoms with Crippen LogP contribution in [0.4, 0.5) is 5.82 Å². The van der Waals surface area contributed by atoms with Crippen LogP contribution >= 0.6 is 15.9 Å². The molecule has 2 fully saturated rings. The number of Topliss-reactive ketones (excluding diaryl/α,β-unsaturated/α-hetero) is 1. The summed E-state index contributed by atoms with van der Waals surface area (Å²) in [7, 11) is 2.15. The van der Waals surface area contributed by atoms with Gasteiger partial charge >= 0.3 is 0 Å². The number of aryl methyl sites for hydroxylation is 3. The topological polar surface area (TPSA) is 126 Å². The lowest BCUT2D eigenvalue weighted by molar-refractivity contribution is -0.138. The average Bonchev–Trinajstić information content (AvgIpc) is 3.42. The largest absolute Gasteiger partial charge is 0.325 e. The molecule has 2 amide bonds. The third kappa shape index (κ3) is 6.16. The number of benzene rings is 1. The molecule has 11 nitrogen and oxygen atoms in total. The van der Waals surface area contributed by atoms with Gasteiger partial charge in [0.2, 0.25) is 11.8 Å². The van der Waals surface area contributed by atoms with Crippen molar-refractivity contribution in [2.24, 2.45) is 5.41 Å². The fourth-order valence-corrected chi connectivity index (χ4v) is 8.21. The molecule has 12 heteroatoms. The zero-order valence-corrected chi connectivity index (χ0v) is 29.5. The smallest absolute Gasteiger partial charge is 0.248 e. The van der Waals surface area contributed by atoms with Gasteiger partial charge in [-0.2, -0.15) is 5.10 Å². The standard InChI is InChI=1S/C36H41BrN8O3/c1-21-13-25(26-17-38-23(3)39-18-26)14-27-32(22(2)46)42-44(33(21)27)19-31(47)45-28-15-36(16-29(36)45)20-43(4)12-8-6-5-7-9-24-10-11-30(37)40-34(24)41-35(28)48/h10-11,13-14,17-18,28-29H,5-9,12,15-16,19-20H2,1-4H3,(H,40,41,48)/t28-,29+,36-/m0/s1. The Morgan fingerprint density at radius 3 is 2.58 bits per heavy atom. The minimum atomic E-state index is -0.633. The monoisotopic (exact) mass is 712 g/mol. The first-order valence-electron chi connectivity index (χ1n) is 16.8. The van der Waals surface area contributed by atoms with Crippen LogP contribution in [-0.4, -0.2) is 84.4 Å². The van der Waals surface area contributed by atoms with Crippen molar-refractivity contribution in [3.8, 4) is 11.1 Å². The molecule has 1 aliphatic carbocycles. The van der Waals surface area contributed by atoms with Crippen molar-refractivity contribution in [2.45, 2.75) is 84.3 Å². The number of amides is 2. The summed E-state index contributed by atoms with van der Waals surface area (Å²) >= 11 is 3.47. The van der Waals surface area contributed by atoms with E-state index in [1.54, 1.807) is 22.0 Å². The van der Waals surface area contributed by atoms with Gasteiger partial charge in [-0.15, -0.1) is 0 Å².